The lowest BCUT2D eigenvalue weighted by Gasteiger charge is -2.25. The minimum Gasteiger partial charge on any atom is -0.453 e. The number of rotatable bonds is 8. The fraction of sp³-hybridized carbons (Fsp3) is 0.520. The molecule has 1 fully saturated rings. The molecule has 1 spiro atoms. The minimum absolute atomic E-state index is 0.0482. The quantitative estimate of drug-likeness (QED) is 0.534. The number of thiazole rings is 1. The summed E-state index contributed by atoms with van der Waals surface area (Å²) in [5.41, 5.74) is 2.13. The third-order valence-electron chi connectivity index (χ3n) is 6.72. The Hall–Kier alpha value is -2.65. The van der Waals surface area contributed by atoms with E-state index in [0.29, 0.717) is 41.9 Å². The number of anilines is 1. The van der Waals surface area contributed by atoms with E-state index in [-0.39, 0.29) is 36.2 Å². The smallest absolute Gasteiger partial charge is 0.409 e. The van der Waals surface area contributed by atoms with E-state index in [1.165, 1.54) is 18.4 Å². The highest BCUT2D eigenvalue weighted by Crippen LogP contribution is 2.47. The van der Waals surface area contributed by atoms with Crippen LogP contribution in [0.15, 0.2) is 23.6 Å². The van der Waals surface area contributed by atoms with Gasteiger partial charge in [-0.2, -0.15) is 0 Å². The molecule has 0 bridgehead atoms. The third-order valence-corrected chi connectivity index (χ3v) is 7.85. The Balaban J connectivity index is 1.43. The molecule has 0 radical (unpaired) electrons. The molecule has 1 saturated heterocycles. The van der Waals surface area contributed by atoms with Crippen molar-refractivity contribution < 1.29 is 19.1 Å². The Bertz CT molecular complexity index is 1110. The number of halogens is 1. The molecule has 2 aromatic rings. The van der Waals surface area contributed by atoms with E-state index in [0.717, 1.165) is 36.9 Å². The molecule has 3 heterocycles. The van der Waals surface area contributed by atoms with Crippen molar-refractivity contribution in [2.45, 2.75) is 50.9 Å². The van der Waals surface area contributed by atoms with Gasteiger partial charge >= 0.3 is 6.09 Å². The lowest BCUT2D eigenvalue weighted by atomic mass is 9.81. The first-order valence-corrected chi connectivity index (χ1v) is 13.2. The molecule has 35 heavy (non-hydrogen) atoms. The zero-order chi connectivity index (χ0) is 25.0. The maximum Gasteiger partial charge on any atom is 0.409 e. The van der Waals surface area contributed by atoms with E-state index in [4.69, 9.17) is 16.3 Å². The third kappa shape index (κ3) is 5.62. The van der Waals surface area contributed by atoms with Crippen LogP contribution in [0.3, 0.4) is 0 Å². The number of aromatic nitrogens is 1. The molecule has 1 atom stereocenters. The molecule has 1 N–H and O–H groups in total. The fourth-order valence-corrected chi connectivity index (χ4v) is 5.89. The molecule has 4 rings (SSSR count). The van der Waals surface area contributed by atoms with Gasteiger partial charge in [0.05, 0.1) is 25.6 Å². The number of hydrogen-bond acceptors (Lipinski definition) is 6. The number of benzene rings is 1. The molecule has 1 aromatic heterocycles. The van der Waals surface area contributed by atoms with E-state index in [1.54, 1.807) is 15.9 Å². The van der Waals surface area contributed by atoms with Crippen LogP contribution in [0.5, 0.6) is 0 Å². The van der Waals surface area contributed by atoms with Crippen LogP contribution in [0.4, 0.5) is 10.5 Å². The number of hydrogen-bond donors (Lipinski definition) is 1. The normalized spacial score (nSPS) is 18.7. The van der Waals surface area contributed by atoms with Crippen LogP contribution in [0.25, 0.3) is 0 Å². The summed E-state index contributed by atoms with van der Waals surface area (Å²) in [4.78, 5) is 45.6. The average molecular weight is 519 g/mol. The van der Waals surface area contributed by atoms with Crippen molar-refractivity contribution in [3.05, 3.63) is 44.9 Å². The molecule has 1 unspecified atom stereocenters. The summed E-state index contributed by atoms with van der Waals surface area (Å²) in [6.07, 6.45) is 3.92. The van der Waals surface area contributed by atoms with E-state index in [2.05, 4.69) is 17.2 Å². The second-order valence-corrected chi connectivity index (χ2v) is 10.6. The SMILES string of the molecule is CCCCCNC(=O)Cc1csc(CC(=O)N2CC3(CCN(C(=O)OC)C3)c3cc(Cl)ccc32)n1. The number of nitrogens with zero attached hydrogens (tertiary/aromatic N) is 3. The molecule has 8 nitrogen and oxygen atoms in total. The Morgan fingerprint density at radius 1 is 1.23 bits per heavy atom. The monoisotopic (exact) mass is 518 g/mol. The average Bonchev–Trinajstić information content (AvgIpc) is 3.55. The number of unbranched alkanes of at least 4 members (excludes halogenated alkanes) is 2. The predicted molar refractivity (Wildman–Crippen MR) is 136 cm³/mol. The first-order chi connectivity index (χ1) is 16.8. The first kappa shape index (κ1) is 25.4. The molecule has 188 valence electrons. The maximum absolute atomic E-state index is 13.4. The van der Waals surface area contributed by atoms with Crippen molar-refractivity contribution in [2.75, 3.05) is 38.2 Å². The number of likely N-dealkylation sites (tertiary alicyclic amines) is 1. The maximum atomic E-state index is 13.4. The van der Waals surface area contributed by atoms with Gasteiger partial charge in [-0.1, -0.05) is 31.4 Å². The van der Waals surface area contributed by atoms with Crippen molar-refractivity contribution in [3.8, 4) is 0 Å². The van der Waals surface area contributed by atoms with Crippen LogP contribution >= 0.6 is 22.9 Å². The highest BCUT2D eigenvalue weighted by atomic mass is 35.5. The van der Waals surface area contributed by atoms with Crippen molar-refractivity contribution >= 4 is 46.5 Å². The van der Waals surface area contributed by atoms with Crippen LogP contribution < -0.4 is 10.2 Å². The number of carbonyl (C=O) groups is 3. The van der Waals surface area contributed by atoms with Crippen molar-refractivity contribution in [1.29, 1.82) is 0 Å². The summed E-state index contributed by atoms with van der Waals surface area (Å²) in [7, 11) is 1.38. The van der Waals surface area contributed by atoms with E-state index >= 15 is 0 Å². The summed E-state index contributed by atoms with van der Waals surface area (Å²) < 4.78 is 4.91. The van der Waals surface area contributed by atoms with Crippen LogP contribution in [-0.2, 0) is 32.6 Å². The Labute approximate surface area is 214 Å². The fourth-order valence-electron chi connectivity index (χ4n) is 4.94. The van der Waals surface area contributed by atoms with Crippen LogP contribution in [-0.4, -0.2) is 61.1 Å². The van der Waals surface area contributed by atoms with Gasteiger partial charge in [0, 0.05) is 47.7 Å². The largest absolute Gasteiger partial charge is 0.453 e. The Morgan fingerprint density at radius 3 is 2.83 bits per heavy atom. The standard InChI is InChI=1S/C25H31ClN4O4S/c1-3-4-5-9-27-21(31)12-18-14-35-22(28-18)13-23(32)30-16-25(8-10-29(15-25)24(33)34-2)19-11-17(26)6-7-20(19)30/h6-7,11,14H,3-5,8-10,12-13,15-16H2,1-2H3,(H,27,31). The first-order valence-electron chi connectivity index (χ1n) is 12.0. The zero-order valence-electron chi connectivity index (χ0n) is 20.1. The molecule has 3 amide bonds. The number of methoxy groups -OCH3 is 1. The number of amides is 3. The predicted octanol–water partition coefficient (Wildman–Crippen LogP) is 3.94. The van der Waals surface area contributed by atoms with Gasteiger partial charge in [-0.15, -0.1) is 11.3 Å². The van der Waals surface area contributed by atoms with Gasteiger partial charge in [0.1, 0.15) is 5.01 Å². The second kappa shape index (κ2) is 11.0. The van der Waals surface area contributed by atoms with Gasteiger partial charge in [0.15, 0.2) is 0 Å². The van der Waals surface area contributed by atoms with Gasteiger partial charge in [-0.25, -0.2) is 9.78 Å². The zero-order valence-corrected chi connectivity index (χ0v) is 21.7. The Morgan fingerprint density at radius 2 is 2.06 bits per heavy atom. The van der Waals surface area contributed by atoms with Gasteiger partial charge < -0.3 is 19.9 Å². The van der Waals surface area contributed by atoms with Crippen LogP contribution in [0.2, 0.25) is 5.02 Å². The highest BCUT2D eigenvalue weighted by molar-refractivity contribution is 7.09. The summed E-state index contributed by atoms with van der Waals surface area (Å²) in [6, 6.07) is 5.57. The van der Waals surface area contributed by atoms with Gasteiger partial charge in [0.2, 0.25) is 11.8 Å². The summed E-state index contributed by atoms with van der Waals surface area (Å²) >= 11 is 7.71. The number of carbonyl (C=O) groups excluding carboxylic acids is 3. The number of ether oxygens (including phenoxy) is 1. The molecule has 2 aliphatic rings. The van der Waals surface area contributed by atoms with Crippen molar-refractivity contribution in [3.63, 3.8) is 0 Å². The van der Waals surface area contributed by atoms with E-state index in [9.17, 15) is 14.4 Å². The summed E-state index contributed by atoms with van der Waals surface area (Å²) in [6.45, 7) is 4.33. The molecule has 0 saturated carbocycles. The Kier molecular flexibility index (Phi) is 7.96. The summed E-state index contributed by atoms with van der Waals surface area (Å²) in [5, 5.41) is 6.05. The minimum atomic E-state index is -0.367. The molecule has 1 aromatic carbocycles. The second-order valence-electron chi connectivity index (χ2n) is 9.21. The lowest BCUT2D eigenvalue weighted by molar-refractivity contribution is -0.120. The van der Waals surface area contributed by atoms with E-state index in [1.807, 2.05) is 17.5 Å². The summed E-state index contributed by atoms with van der Waals surface area (Å²) in [5.74, 6) is -0.111. The van der Waals surface area contributed by atoms with Crippen LogP contribution in [0, 0.1) is 0 Å². The van der Waals surface area contributed by atoms with Crippen molar-refractivity contribution in [2.24, 2.45) is 0 Å². The van der Waals surface area contributed by atoms with Gasteiger partial charge in [0.25, 0.3) is 0 Å². The molecular weight excluding hydrogens is 488 g/mol. The molecule has 0 aliphatic carbocycles. The molecule has 10 heteroatoms. The topological polar surface area (TPSA) is 91.8 Å². The number of nitrogens with one attached hydrogen (secondary N) is 1. The van der Waals surface area contributed by atoms with Crippen molar-refractivity contribution in [1.82, 2.24) is 15.2 Å². The van der Waals surface area contributed by atoms with Gasteiger partial charge in [-0.05, 0) is 36.6 Å². The molecule has 2 aliphatic heterocycles. The highest BCUT2D eigenvalue weighted by Gasteiger charge is 2.50. The number of fused-ring (bicyclic) bond motifs is 2. The lowest BCUT2D eigenvalue weighted by Crippen LogP contribution is -2.40. The molecular formula is C25H31ClN4O4S. The van der Waals surface area contributed by atoms with Gasteiger partial charge in [-0.3, -0.25) is 9.59 Å². The van der Waals surface area contributed by atoms with Crippen LogP contribution in [0.1, 0.15) is 48.9 Å². The van der Waals surface area contributed by atoms with E-state index < -0.39 is 0 Å².